The van der Waals surface area contributed by atoms with Crippen molar-refractivity contribution in [3.8, 4) is 0 Å². The number of nitro benzene ring substituents is 1. The highest BCUT2D eigenvalue weighted by molar-refractivity contribution is 6.09. The Balaban J connectivity index is 0.00000231. The fraction of sp³-hybridized carbons (Fsp3) is 0.154. The number of nitrogens with zero attached hydrogens (tertiary/aromatic N) is 3. The second-order valence-electron chi connectivity index (χ2n) is 8.65. The molecule has 2 aliphatic rings. The van der Waals surface area contributed by atoms with Gasteiger partial charge >= 0.3 is 0 Å². The molecular weight excluding hydrogens is 573 g/mol. The Hall–Kier alpha value is -4.88. The topological polar surface area (TPSA) is 174 Å². The number of carbonyl (C=O) groups excluding carboxylic acids is 2. The van der Waals surface area contributed by atoms with E-state index >= 15 is 0 Å². The predicted octanol–water partition coefficient (Wildman–Crippen LogP) is 3.69. The molecule has 0 unspecified atom stereocenters. The lowest BCUT2D eigenvalue weighted by Crippen LogP contribution is -2.26. The van der Waals surface area contributed by atoms with Gasteiger partial charge in [0.25, 0.3) is 17.5 Å². The summed E-state index contributed by atoms with van der Waals surface area (Å²) in [5, 5.41) is 29.4. The molecule has 2 heterocycles. The SMILES string of the molecule is Cl.Cl.O=C(Nc1ccc(NC2=NCCN2)cc1)c1cc(C(=O)Nc2ccc(NC3=NCCN3)cc2)cc([N+](=O)[O-])c1. The van der Waals surface area contributed by atoms with Crippen molar-refractivity contribution in [3.05, 3.63) is 88.0 Å². The van der Waals surface area contributed by atoms with E-state index in [1.807, 2.05) is 0 Å². The molecule has 3 aromatic carbocycles. The largest absolute Gasteiger partial charge is 0.354 e. The monoisotopic (exact) mass is 599 g/mol. The Bertz CT molecular complexity index is 1380. The zero-order valence-corrected chi connectivity index (χ0v) is 23.1. The number of nitro groups is 1. The summed E-state index contributed by atoms with van der Waals surface area (Å²) in [5.74, 6) is 0.180. The molecule has 0 atom stereocenters. The Kier molecular flexibility index (Phi) is 10.4. The first kappa shape index (κ1) is 30.7. The van der Waals surface area contributed by atoms with Crippen LogP contribution in [0.5, 0.6) is 0 Å². The average Bonchev–Trinajstić information content (AvgIpc) is 3.65. The maximum Gasteiger partial charge on any atom is 0.271 e. The van der Waals surface area contributed by atoms with Crippen LogP contribution in [0.4, 0.5) is 28.4 Å². The molecule has 41 heavy (non-hydrogen) atoms. The number of guanidine groups is 2. The molecule has 2 amide bonds. The van der Waals surface area contributed by atoms with Gasteiger partial charge in [-0.05, 0) is 54.6 Å². The Labute approximate surface area is 247 Å². The van der Waals surface area contributed by atoms with Crippen molar-refractivity contribution in [2.24, 2.45) is 9.98 Å². The Morgan fingerprint density at radius 2 is 1.07 bits per heavy atom. The smallest absolute Gasteiger partial charge is 0.271 e. The van der Waals surface area contributed by atoms with Gasteiger partial charge in [-0.3, -0.25) is 29.7 Å². The summed E-state index contributed by atoms with van der Waals surface area (Å²) in [5.41, 5.74) is 2.11. The minimum absolute atomic E-state index is 0. The highest BCUT2D eigenvalue weighted by Gasteiger charge is 2.19. The van der Waals surface area contributed by atoms with Crippen molar-refractivity contribution < 1.29 is 14.5 Å². The number of amides is 2. The number of rotatable bonds is 7. The van der Waals surface area contributed by atoms with E-state index < -0.39 is 16.7 Å². The average molecular weight is 600 g/mol. The molecule has 3 aromatic rings. The lowest BCUT2D eigenvalue weighted by molar-refractivity contribution is -0.384. The zero-order chi connectivity index (χ0) is 27.2. The maximum absolute atomic E-state index is 12.9. The molecule has 0 aliphatic carbocycles. The van der Waals surface area contributed by atoms with E-state index in [1.54, 1.807) is 48.5 Å². The number of aliphatic imine (C=N–C) groups is 2. The fourth-order valence-corrected chi connectivity index (χ4v) is 3.90. The zero-order valence-electron chi connectivity index (χ0n) is 21.5. The fourth-order valence-electron chi connectivity index (χ4n) is 3.90. The minimum Gasteiger partial charge on any atom is -0.354 e. The first-order valence-electron chi connectivity index (χ1n) is 12.2. The normalized spacial score (nSPS) is 13.2. The second-order valence-corrected chi connectivity index (χ2v) is 8.65. The van der Waals surface area contributed by atoms with Crippen molar-refractivity contribution in [1.82, 2.24) is 10.6 Å². The number of anilines is 4. The van der Waals surface area contributed by atoms with Gasteiger partial charge in [0.05, 0.1) is 18.0 Å². The van der Waals surface area contributed by atoms with Crippen LogP contribution in [-0.4, -0.2) is 54.8 Å². The number of carbonyl (C=O) groups is 2. The molecule has 2 aliphatic heterocycles. The Morgan fingerprint density at radius 3 is 1.41 bits per heavy atom. The van der Waals surface area contributed by atoms with E-state index in [4.69, 9.17) is 0 Å². The molecule has 0 aromatic heterocycles. The third kappa shape index (κ3) is 8.06. The number of halogens is 2. The van der Waals surface area contributed by atoms with Crippen LogP contribution < -0.4 is 31.9 Å². The summed E-state index contributed by atoms with van der Waals surface area (Å²) in [7, 11) is 0. The van der Waals surface area contributed by atoms with E-state index in [0.717, 1.165) is 36.6 Å². The summed E-state index contributed by atoms with van der Waals surface area (Å²) in [4.78, 5) is 45.3. The van der Waals surface area contributed by atoms with Crippen LogP contribution in [0.3, 0.4) is 0 Å². The van der Waals surface area contributed by atoms with Gasteiger partial charge in [0.15, 0.2) is 11.9 Å². The molecule has 6 N–H and O–H groups in total. The Morgan fingerprint density at radius 1 is 0.683 bits per heavy atom. The summed E-state index contributed by atoms with van der Waals surface area (Å²) in [6.07, 6.45) is 0. The van der Waals surface area contributed by atoms with E-state index in [-0.39, 0.29) is 41.6 Å². The van der Waals surface area contributed by atoms with Gasteiger partial charge in [0, 0.05) is 59.1 Å². The van der Waals surface area contributed by atoms with Gasteiger partial charge < -0.3 is 31.9 Å². The summed E-state index contributed by atoms with van der Waals surface area (Å²) in [6, 6.07) is 17.4. The molecule has 0 radical (unpaired) electrons. The van der Waals surface area contributed by atoms with Crippen molar-refractivity contribution in [2.75, 3.05) is 47.4 Å². The third-order valence-electron chi connectivity index (χ3n) is 5.81. The van der Waals surface area contributed by atoms with Gasteiger partial charge in [0.1, 0.15) is 0 Å². The molecule has 0 saturated heterocycles. The summed E-state index contributed by atoms with van der Waals surface area (Å²) in [6.45, 7) is 2.96. The van der Waals surface area contributed by atoms with Gasteiger partial charge in [-0.25, -0.2) is 0 Å². The van der Waals surface area contributed by atoms with E-state index in [0.29, 0.717) is 36.4 Å². The summed E-state index contributed by atoms with van der Waals surface area (Å²) >= 11 is 0. The molecule has 15 heteroatoms. The number of benzene rings is 3. The minimum atomic E-state index is -0.645. The molecule has 5 rings (SSSR count). The molecule has 0 saturated carbocycles. The van der Waals surface area contributed by atoms with Gasteiger partial charge in [-0.1, -0.05) is 0 Å². The van der Waals surface area contributed by atoms with Crippen LogP contribution >= 0.6 is 24.8 Å². The van der Waals surface area contributed by atoms with E-state index in [1.165, 1.54) is 6.07 Å². The first-order valence-corrected chi connectivity index (χ1v) is 12.2. The molecule has 13 nitrogen and oxygen atoms in total. The van der Waals surface area contributed by atoms with Crippen molar-refractivity contribution >= 4 is 77.0 Å². The van der Waals surface area contributed by atoms with Crippen molar-refractivity contribution in [3.63, 3.8) is 0 Å². The summed E-state index contributed by atoms with van der Waals surface area (Å²) < 4.78 is 0. The number of hydrogen-bond acceptors (Lipinski definition) is 10. The quantitative estimate of drug-likeness (QED) is 0.176. The number of hydrogen-bond donors (Lipinski definition) is 6. The van der Waals surface area contributed by atoms with Crippen molar-refractivity contribution in [1.29, 1.82) is 0 Å². The molecular formula is C26H27Cl2N9O4. The van der Waals surface area contributed by atoms with Crippen LogP contribution in [0.2, 0.25) is 0 Å². The van der Waals surface area contributed by atoms with Crippen molar-refractivity contribution in [2.45, 2.75) is 0 Å². The highest BCUT2D eigenvalue weighted by atomic mass is 35.5. The highest BCUT2D eigenvalue weighted by Crippen LogP contribution is 2.22. The first-order chi connectivity index (χ1) is 18.9. The lowest BCUT2D eigenvalue weighted by Gasteiger charge is -2.11. The van der Waals surface area contributed by atoms with E-state index in [9.17, 15) is 19.7 Å². The van der Waals surface area contributed by atoms with E-state index in [2.05, 4.69) is 41.9 Å². The van der Waals surface area contributed by atoms with Crippen LogP contribution in [0.15, 0.2) is 76.7 Å². The number of nitrogens with one attached hydrogen (secondary N) is 6. The standard InChI is InChI=1S/C26H25N9O4.2ClH/c36-23(31-18-1-5-20(6-2-18)33-25-27-9-10-28-25)16-13-17(15-22(14-16)35(38)39)24(37)32-19-3-7-21(8-4-19)34-26-29-11-12-30-26;;/h1-8,13-15H,9-12H2,(H,31,36)(H,32,37)(H2,27,28,33)(H2,29,30,34);2*1H. The molecule has 0 bridgehead atoms. The van der Waals surface area contributed by atoms with Crippen LogP contribution in [0.25, 0.3) is 0 Å². The van der Waals surface area contributed by atoms with Crippen LogP contribution in [0.1, 0.15) is 20.7 Å². The van der Waals surface area contributed by atoms with Gasteiger partial charge in [0.2, 0.25) is 0 Å². The predicted molar refractivity (Wildman–Crippen MR) is 164 cm³/mol. The van der Waals surface area contributed by atoms with Crippen LogP contribution in [-0.2, 0) is 0 Å². The van der Waals surface area contributed by atoms with Gasteiger partial charge in [-0.2, -0.15) is 0 Å². The third-order valence-corrected chi connectivity index (χ3v) is 5.81. The molecule has 214 valence electrons. The van der Waals surface area contributed by atoms with Crippen LogP contribution in [0, 0.1) is 10.1 Å². The lowest BCUT2D eigenvalue weighted by atomic mass is 10.1. The van der Waals surface area contributed by atoms with Gasteiger partial charge in [-0.15, -0.1) is 24.8 Å². The second kappa shape index (κ2) is 14.0. The molecule has 0 fully saturated rings. The molecule has 0 spiro atoms. The number of non-ortho nitro benzene ring substituents is 1. The maximum atomic E-state index is 12.9.